The number of ether oxygens (including phenoxy) is 1. The molecule has 1 fully saturated rings. The van der Waals surface area contributed by atoms with Crippen LogP contribution in [0.2, 0.25) is 0 Å². The summed E-state index contributed by atoms with van der Waals surface area (Å²) >= 11 is 0. The Kier molecular flexibility index (Phi) is 10.9. The highest BCUT2D eigenvalue weighted by Crippen LogP contribution is 2.66. The van der Waals surface area contributed by atoms with Crippen LogP contribution in [0.15, 0.2) is 27.4 Å². The maximum Gasteiger partial charge on any atom is 0.490 e. The van der Waals surface area contributed by atoms with E-state index in [1.807, 2.05) is 4.98 Å². The first-order valence-corrected chi connectivity index (χ1v) is 15.3. The Morgan fingerprint density at radius 1 is 1.08 bits per heavy atom. The summed E-state index contributed by atoms with van der Waals surface area (Å²) in [4.78, 5) is 75.9. The number of phosphoric acid groups is 3. The Morgan fingerprint density at radius 2 is 1.69 bits per heavy atom. The zero-order valence-electron chi connectivity index (χ0n) is 20.6. The van der Waals surface area contributed by atoms with Crippen molar-refractivity contribution in [2.24, 2.45) is 0 Å². The topological polar surface area (TPSA) is 285 Å². The minimum atomic E-state index is -5.80. The van der Waals surface area contributed by atoms with Gasteiger partial charge in [0.1, 0.15) is 18.3 Å². The van der Waals surface area contributed by atoms with Gasteiger partial charge >= 0.3 is 29.2 Å². The summed E-state index contributed by atoms with van der Waals surface area (Å²) in [6.45, 7) is 3.68. The second-order valence-corrected chi connectivity index (χ2v) is 12.9. The van der Waals surface area contributed by atoms with Gasteiger partial charge in [-0.05, 0) is 13.8 Å². The van der Waals surface area contributed by atoms with Gasteiger partial charge in [-0.15, -0.1) is 0 Å². The molecule has 222 valence electrons. The standard InChI is InChI=1S/C17H28N3O16P3/c1-9(2)4-5-19(10(3)21)6-11-7-20(17(25)18-15(11)24)16-14(23)13(22)12(34-16)8-33-38(29,30)36-39(31,32)35-37(26,27)28/h4,7,12-14,16,22-23H,5-6,8H2,1-3H3,(H,29,30)(H,31,32)(H,18,24,25)(H2,26,27,28)/t12-,13+,14?,16-/m1/s1. The summed E-state index contributed by atoms with van der Waals surface area (Å²) < 4.78 is 51.6. The van der Waals surface area contributed by atoms with Gasteiger partial charge in [0.25, 0.3) is 5.56 Å². The number of nitrogens with zero attached hydrogens (tertiary/aromatic N) is 2. The van der Waals surface area contributed by atoms with Gasteiger partial charge < -0.3 is 39.4 Å². The molecule has 3 unspecified atom stereocenters. The van der Waals surface area contributed by atoms with Crippen LogP contribution in [0.5, 0.6) is 0 Å². The van der Waals surface area contributed by atoms with Gasteiger partial charge in [0.15, 0.2) is 6.23 Å². The molecule has 0 aromatic carbocycles. The zero-order valence-corrected chi connectivity index (χ0v) is 23.3. The molecule has 7 N–H and O–H groups in total. The third kappa shape index (κ3) is 9.95. The molecular formula is C17H28N3O16P3. The maximum atomic E-state index is 12.4. The second kappa shape index (κ2) is 12.8. The molecule has 19 nitrogen and oxygen atoms in total. The van der Waals surface area contributed by atoms with Crippen molar-refractivity contribution in [2.75, 3.05) is 13.2 Å². The molecule has 0 spiro atoms. The van der Waals surface area contributed by atoms with Crippen molar-refractivity contribution in [3.05, 3.63) is 44.2 Å². The van der Waals surface area contributed by atoms with Gasteiger partial charge in [-0.1, -0.05) is 11.6 Å². The van der Waals surface area contributed by atoms with Gasteiger partial charge in [0.2, 0.25) is 5.91 Å². The van der Waals surface area contributed by atoms with Crippen LogP contribution >= 0.6 is 23.5 Å². The first-order valence-electron chi connectivity index (χ1n) is 10.7. The monoisotopic (exact) mass is 623 g/mol. The average Bonchev–Trinajstić information content (AvgIpc) is 3.02. The predicted molar refractivity (Wildman–Crippen MR) is 128 cm³/mol. The molecule has 1 amide bonds. The minimum Gasteiger partial charge on any atom is -0.387 e. The van der Waals surface area contributed by atoms with E-state index in [1.54, 1.807) is 19.9 Å². The first-order chi connectivity index (χ1) is 17.7. The molecule has 22 heteroatoms. The lowest BCUT2D eigenvalue weighted by Gasteiger charge is -2.21. The van der Waals surface area contributed by atoms with E-state index in [-0.39, 0.29) is 24.6 Å². The van der Waals surface area contributed by atoms with E-state index in [0.717, 1.165) is 11.8 Å². The third-order valence-electron chi connectivity index (χ3n) is 5.00. The zero-order chi connectivity index (χ0) is 29.9. The average molecular weight is 623 g/mol. The molecule has 39 heavy (non-hydrogen) atoms. The van der Waals surface area contributed by atoms with Crippen LogP contribution in [0, 0.1) is 0 Å². The summed E-state index contributed by atoms with van der Waals surface area (Å²) in [5.74, 6) is -0.385. The van der Waals surface area contributed by atoms with E-state index in [2.05, 4.69) is 13.1 Å². The van der Waals surface area contributed by atoms with Gasteiger partial charge in [0.05, 0.1) is 18.7 Å². The highest BCUT2D eigenvalue weighted by molar-refractivity contribution is 7.66. The van der Waals surface area contributed by atoms with Crippen LogP contribution in [-0.2, 0) is 42.9 Å². The molecule has 1 aliphatic heterocycles. The largest absolute Gasteiger partial charge is 0.490 e. The van der Waals surface area contributed by atoms with Crippen molar-refractivity contribution in [3.8, 4) is 0 Å². The number of nitrogens with one attached hydrogen (secondary N) is 1. The number of carbonyl (C=O) groups is 1. The molecule has 1 saturated heterocycles. The van der Waals surface area contributed by atoms with Crippen LogP contribution in [0.3, 0.4) is 0 Å². The lowest BCUT2D eigenvalue weighted by molar-refractivity contribution is -0.128. The van der Waals surface area contributed by atoms with E-state index >= 15 is 0 Å². The van der Waals surface area contributed by atoms with Gasteiger partial charge in [-0.3, -0.25) is 23.7 Å². The Labute approximate surface area is 219 Å². The molecule has 2 rings (SSSR count). The van der Waals surface area contributed by atoms with Crippen LogP contribution in [0.4, 0.5) is 0 Å². The lowest BCUT2D eigenvalue weighted by atomic mass is 10.1. The van der Waals surface area contributed by atoms with Crippen molar-refractivity contribution in [1.29, 1.82) is 0 Å². The molecule has 1 aliphatic rings. The number of aromatic amines is 1. The molecule has 0 bridgehead atoms. The lowest BCUT2D eigenvalue weighted by Crippen LogP contribution is -2.40. The number of rotatable bonds is 12. The van der Waals surface area contributed by atoms with Crippen molar-refractivity contribution < 1.29 is 66.2 Å². The van der Waals surface area contributed by atoms with Crippen molar-refractivity contribution >= 4 is 29.4 Å². The number of phosphoric ester groups is 1. The van der Waals surface area contributed by atoms with Crippen molar-refractivity contribution in [2.45, 2.75) is 51.9 Å². The van der Waals surface area contributed by atoms with E-state index in [0.29, 0.717) is 4.57 Å². The Bertz CT molecular complexity index is 1350. The van der Waals surface area contributed by atoms with E-state index in [9.17, 15) is 48.1 Å². The van der Waals surface area contributed by atoms with Gasteiger partial charge in [0, 0.05) is 19.7 Å². The van der Waals surface area contributed by atoms with Crippen LogP contribution in [-0.4, -0.2) is 81.6 Å². The van der Waals surface area contributed by atoms with E-state index in [4.69, 9.17) is 14.5 Å². The quantitative estimate of drug-likeness (QED) is 0.106. The number of allylic oxidation sites excluding steroid dienone is 1. The van der Waals surface area contributed by atoms with Crippen LogP contribution in [0.25, 0.3) is 0 Å². The predicted octanol–water partition coefficient (Wildman–Crippen LogP) is -1.19. The van der Waals surface area contributed by atoms with Crippen LogP contribution < -0.4 is 11.2 Å². The van der Waals surface area contributed by atoms with Gasteiger partial charge in [-0.25, -0.2) is 18.5 Å². The number of aliphatic hydroxyl groups excluding tert-OH is 2. The highest BCUT2D eigenvalue weighted by atomic mass is 31.3. The third-order valence-corrected chi connectivity index (χ3v) is 8.80. The number of hydrogen-bond donors (Lipinski definition) is 7. The fourth-order valence-electron chi connectivity index (χ4n) is 3.20. The van der Waals surface area contributed by atoms with E-state index < -0.39 is 65.9 Å². The summed E-state index contributed by atoms with van der Waals surface area (Å²) in [5.41, 5.74) is -1.10. The Hall–Kier alpha value is -1.82. The molecule has 0 radical (unpaired) electrons. The molecule has 1 aromatic heterocycles. The number of H-pyrrole nitrogens is 1. The second-order valence-electron chi connectivity index (χ2n) is 8.43. The summed E-state index contributed by atoms with van der Waals surface area (Å²) in [6.07, 6.45) is -4.37. The normalized spacial score (nSPS) is 24.5. The summed E-state index contributed by atoms with van der Waals surface area (Å²) in [5, 5.41) is 20.7. The Morgan fingerprint density at radius 3 is 2.23 bits per heavy atom. The molecule has 2 heterocycles. The number of aromatic nitrogens is 2. The molecule has 0 aliphatic carbocycles. The summed E-state index contributed by atoms with van der Waals surface area (Å²) in [6, 6.07) is 0. The summed E-state index contributed by atoms with van der Waals surface area (Å²) in [7, 11) is -17.0. The smallest absolute Gasteiger partial charge is 0.387 e. The fraction of sp³-hybridized carbons (Fsp3) is 0.588. The van der Waals surface area contributed by atoms with Crippen LogP contribution in [0.1, 0.15) is 32.6 Å². The SMILES string of the molecule is CC(=O)N(CC=C(C)C)Cc1cn([C@@H]2O[C@H](COP(=O)(O)OP(=O)(O)OP(=O)(O)O)[C@H](O)C2O)c(=O)[nH]c1=O. The molecule has 1 aromatic rings. The first kappa shape index (κ1) is 33.4. The van der Waals surface area contributed by atoms with Crippen molar-refractivity contribution in [3.63, 3.8) is 0 Å². The molecular weight excluding hydrogens is 595 g/mol. The number of carbonyl (C=O) groups excluding carboxylic acids is 1. The van der Waals surface area contributed by atoms with Gasteiger partial charge in [-0.2, -0.15) is 8.62 Å². The highest BCUT2D eigenvalue weighted by Gasteiger charge is 2.47. The Balaban J connectivity index is 2.21. The number of hydrogen-bond acceptors (Lipinski definition) is 12. The maximum absolute atomic E-state index is 12.4. The van der Waals surface area contributed by atoms with E-state index in [1.165, 1.54) is 11.8 Å². The molecule has 6 atom stereocenters. The minimum absolute atomic E-state index is 0.0889. The molecule has 0 saturated carbocycles. The number of amides is 1. The number of aliphatic hydroxyl groups is 2. The fourth-order valence-corrected chi connectivity index (χ4v) is 6.23. The van der Waals surface area contributed by atoms with Crippen molar-refractivity contribution in [1.82, 2.24) is 14.5 Å².